The molecular formula is C16H20O9. The van der Waals surface area contributed by atoms with Crippen molar-refractivity contribution in [3.05, 3.63) is 35.6 Å². The van der Waals surface area contributed by atoms with Crippen LogP contribution in [-0.2, 0) is 14.3 Å². The molecule has 5 atom stereocenters. The number of aliphatic hydroxyl groups excluding tert-OH is 4. The smallest absolute Gasteiger partial charge is 0.371 e. The number of carboxylic acids is 1. The molecule has 1 aliphatic heterocycles. The lowest BCUT2D eigenvalue weighted by atomic mass is 9.99. The third kappa shape index (κ3) is 4.47. The Morgan fingerprint density at radius 1 is 1.16 bits per heavy atom. The van der Waals surface area contributed by atoms with Crippen LogP contribution in [0.25, 0.3) is 6.08 Å². The van der Waals surface area contributed by atoms with Gasteiger partial charge >= 0.3 is 5.97 Å². The third-order valence-electron chi connectivity index (χ3n) is 3.72. The minimum Gasteiger partial charge on any atom is -0.497 e. The van der Waals surface area contributed by atoms with Crippen molar-refractivity contribution in [2.75, 3.05) is 13.7 Å². The van der Waals surface area contributed by atoms with E-state index in [1.165, 1.54) is 13.2 Å². The maximum atomic E-state index is 11.4. The molecular weight excluding hydrogens is 336 g/mol. The zero-order chi connectivity index (χ0) is 18.6. The number of carbonyl (C=O) groups is 1. The first kappa shape index (κ1) is 19.2. The molecule has 2 rings (SSSR count). The Labute approximate surface area is 143 Å². The van der Waals surface area contributed by atoms with Crippen LogP contribution in [0.15, 0.2) is 30.0 Å². The van der Waals surface area contributed by atoms with Gasteiger partial charge in [-0.3, -0.25) is 0 Å². The van der Waals surface area contributed by atoms with Crippen molar-refractivity contribution in [3.63, 3.8) is 0 Å². The lowest BCUT2D eigenvalue weighted by Gasteiger charge is -2.39. The quantitative estimate of drug-likeness (QED) is 0.318. The normalized spacial score (nSPS) is 30.0. The van der Waals surface area contributed by atoms with Gasteiger partial charge in [0.1, 0.15) is 30.2 Å². The zero-order valence-electron chi connectivity index (χ0n) is 13.3. The van der Waals surface area contributed by atoms with Gasteiger partial charge in [-0.15, -0.1) is 0 Å². The number of rotatable bonds is 6. The highest BCUT2D eigenvalue weighted by Crippen LogP contribution is 2.24. The average molecular weight is 356 g/mol. The predicted molar refractivity (Wildman–Crippen MR) is 83.5 cm³/mol. The summed E-state index contributed by atoms with van der Waals surface area (Å²) in [7, 11) is 1.50. The molecule has 0 spiro atoms. The molecule has 1 aliphatic rings. The Morgan fingerprint density at radius 3 is 2.32 bits per heavy atom. The van der Waals surface area contributed by atoms with Crippen LogP contribution in [0.2, 0.25) is 0 Å². The van der Waals surface area contributed by atoms with Crippen molar-refractivity contribution in [3.8, 4) is 5.75 Å². The summed E-state index contributed by atoms with van der Waals surface area (Å²) in [5.41, 5.74) is 0.489. The first-order valence-corrected chi connectivity index (χ1v) is 7.43. The van der Waals surface area contributed by atoms with Gasteiger partial charge in [0.2, 0.25) is 12.0 Å². The Kier molecular flexibility index (Phi) is 6.34. The molecule has 0 aliphatic carbocycles. The summed E-state index contributed by atoms with van der Waals surface area (Å²) in [4.78, 5) is 11.4. The summed E-state index contributed by atoms with van der Waals surface area (Å²) in [5.74, 6) is -1.38. The Bertz CT molecular complexity index is 611. The third-order valence-corrected chi connectivity index (χ3v) is 3.72. The van der Waals surface area contributed by atoms with Crippen LogP contribution in [0.5, 0.6) is 5.75 Å². The number of benzene rings is 1. The predicted octanol–water partition coefficient (Wildman–Crippen LogP) is -1.06. The highest BCUT2D eigenvalue weighted by atomic mass is 16.7. The molecule has 0 amide bonds. The van der Waals surface area contributed by atoms with Crippen molar-refractivity contribution in [2.45, 2.75) is 30.7 Å². The molecule has 9 nitrogen and oxygen atoms in total. The molecule has 0 radical (unpaired) electrons. The standard InChI is InChI=1S/C16H20O9/c1-23-9-4-2-8(3-5-9)6-10(15(21)22)24-16-14(20)13(19)12(18)11(7-17)25-16/h2-6,11-14,16-20H,7H2,1H3,(H,21,22)/b10-6-/t11-,12-,13+,14-,16-/m1/s1. The zero-order valence-corrected chi connectivity index (χ0v) is 13.3. The summed E-state index contributed by atoms with van der Waals surface area (Å²) < 4.78 is 15.3. The molecule has 0 aromatic heterocycles. The fourth-order valence-electron chi connectivity index (χ4n) is 2.29. The van der Waals surface area contributed by atoms with Gasteiger partial charge in [-0.2, -0.15) is 0 Å². The number of hydrogen-bond donors (Lipinski definition) is 5. The van der Waals surface area contributed by atoms with Crippen molar-refractivity contribution >= 4 is 12.0 Å². The van der Waals surface area contributed by atoms with Gasteiger partial charge in [0.15, 0.2) is 0 Å². The van der Waals surface area contributed by atoms with E-state index in [0.29, 0.717) is 11.3 Å². The van der Waals surface area contributed by atoms with E-state index in [4.69, 9.17) is 19.3 Å². The van der Waals surface area contributed by atoms with E-state index in [0.717, 1.165) is 0 Å². The van der Waals surface area contributed by atoms with Crippen LogP contribution >= 0.6 is 0 Å². The van der Waals surface area contributed by atoms with E-state index in [9.17, 15) is 25.2 Å². The Hall–Kier alpha value is -2.17. The number of carboxylic acid groups (broad SMARTS) is 1. The average Bonchev–Trinajstić information content (AvgIpc) is 2.61. The van der Waals surface area contributed by atoms with E-state index in [2.05, 4.69) is 0 Å². The van der Waals surface area contributed by atoms with Crippen molar-refractivity contribution < 1.29 is 44.5 Å². The SMILES string of the molecule is COc1ccc(/C=C(\O[C@@H]2O[C@H](CO)[C@@H](O)[C@H](O)[C@H]2O)C(=O)O)cc1. The molecule has 0 bridgehead atoms. The molecule has 25 heavy (non-hydrogen) atoms. The van der Waals surface area contributed by atoms with Gasteiger partial charge in [-0.05, 0) is 23.8 Å². The lowest BCUT2D eigenvalue weighted by molar-refractivity contribution is -0.291. The minimum atomic E-state index is -1.70. The Balaban J connectivity index is 2.20. The van der Waals surface area contributed by atoms with Crippen molar-refractivity contribution in [2.24, 2.45) is 0 Å². The van der Waals surface area contributed by atoms with E-state index < -0.39 is 49.0 Å². The van der Waals surface area contributed by atoms with E-state index in [1.807, 2.05) is 0 Å². The molecule has 138 valence electrons. The molecule has 1 fully saturated rings. The second kappa shape index (κ2) is 8.28. The van der Waals surface area contributed by atoms with Crippen LogP contribution in [-0.4, -0.2) is 75.9 Å². The number of hydrogen-bond acceptors (Lipinski definition) is 8. The maximum Gasteiger partial charge on any atom is 0.371 e. The monoisotopic (exact) mass is 356 g/mol. The molecule has 0 saturated carbocycles. The summed E-state index contributed by atoms with van der Waals surface area (Å²) >= 11 is 0. The largest absolute Gasteiger partial charge is 0.497 e. The fourth-order valence-corrected chi connectivity index (χ4v) is 2.29. The molecule has 1 aromatic rings. The number of aliphatic hydroxyl groups is 4. The number of aliphatic carboxylic acids is 1. The summed E-state index contributed by atoms with van der Waals surface area (Å²) in [6.07, 6.45) is -6.49. The maximum absolute atomic E-state index is 11.4. The Morgan fingerprint density at radius 2 is 1.80 bits per heavy atom. The van der Waals surface area contributed by atoms with Gasteiger partial charge in [0.05, 0.1) is 13.7 Å². The first-order chi connectivity index (χ1) is 11.9. The van der Waals surface area contributed by atoms with Crippen LogP contribution in [0, 0.1) is 0 Å². The fraction of sp³-hybridized carbons (Fsp3) is 0.438. The van der Waals surface area contributed by atoms with Crippen LogP contribution in [0.3, 0.4) is 0 Å². The highest BCUT2D eigenvalue weighted by Gasteiger charge is 2.45. The molecule has 1 saturated heterocycles. The van der Waals surface area contributed by atoms with E-state index >= 15 is 0 Å². The van der Waals surface area contributed by atoms with Crippen LogP contribution in [0.4, 0.5) is 0 Å². The molecule has 1 aromatic carbocycles. The van der Waals surface area contributed by atoms with E-state index in [1.54, 1.807) is 24.3 Å². The lowest BCUT2D eigenvalue weighted by Crippen LogP contribution is -2.59. The van der Waals surface area contributed by atoms with Gasteiger partial charge < -0.3 is 39.7 Å². The van der Waals surface area contributed by atoms with Gasteiger partial charge in [-0.25, -0.2) is 4.79 Å². The first-order valence-electron chi connectivity index (χ1n) is 7.43. The van der Waals surface area contributed by atoms with Gasteiger partial charge in [-0.1, -0.05) is 12.1 Å². The van der Waals surface area contributed by atoms with Gasteiger partial charge in [0, 0.05) is 0 Å². The molecule has 1 heterocycles. The summed E-state index contributed by atoms with van der Waals surface area (Å²) in [5, 5.41) is 47.7. The van der Waals surface area contributed by atoms with Crippen LogP contribution in [0.1, 0.15) is 5.56 Å². The topological polar surface area (TPSA) is 146 Å². The van der Waals surface area contributed by atoms with Crippen molar-refractivity contribution in [1.82, 2.24) is 0 Å². The van der Waals surface area contributed by atoms with E-state index in [-0.39, 0.29) is 0 Å². The second-order valence-electron chi connectivity index (χ2n) is 5.40. The van der Waals surface area contributed by atoms with Crippen LogP contribution < -0.4 is 4.74 Å². The minimum absolute atomic E-state index is 0.489. The highest BCUT2D eigenvalue weighted by molar-refractivity contribution is 5.89. The number of methoxy groups -OCH3 is 1. The summed E-state index contributed by atoms with van der Waals surface area (Å²) in [6, 6.07) is 6.44. The van der Waals surface area contributed by atoms with Gasteiger partial charge in [0.25, 0.3) is 0 Å². The number of ether oxygens (including phenoxy) is 3. The van der Waals surface area contributed by atoms with Crippen molar-refractivity contribution in [1.29, 1.82) is 0 Å². The second-order valence-corrected chi connectivity index (χ2v) is 5.40. The molecule has 9 heteroatoms. The molecule has 0 unspecified atom stereocenters. The summed E-state index contributed by atoms with van der Waals surface area (Å²) in [6.45, 7) is -0.643. The molecule has 5 N–H and O–H groups in total.